The summed E-state index contributed by atoms with van der Waals surface area (Å²) in [5.41, 5.74) is 2.16. The molecule has 1 saturated heterocycles. The highest BCUT2D eigenvalue weighted by Crippen LogP contribution is 2.17. The second-order valence-corrected chi connectivity index (χ2v) is 6.56. The molecule has 0 aliphatic carbocycles. The normalized spacial score (nSPS) is 16.3. The van der Waals surface area contributed by atoms with Gasteiger partial charge < -0.3 is 14.8 Å². The second kappa shape index (κ2) is 6.87. The molecule has 0 radical (unpaired) electrons. The Balaban J connectivity index is 1.62. The Labute approximate surface area is 134 Å². The van der Waals surface area contributed by atoms with E-state index in [1.165, 1.54) is 0 Å². The van der Waals surface area contributed by atoms with Crippen LogP contribution in [0.5, 0.6) is 0 Å². The minimum Gasteiger partial charge on any atom is -0.331 e. The summed E-state index contributed by atoms with van der Waals surface area (Å²) in [6, 6.07) is 8.21. The standard InChI is InChI=1S/C16H20N4OS/c1-13(18-16(21)19-8-10-22-11-9-19)14-2-4-15(5-3-14)20-7-6-17-12-20/h2-7,12-13H,8-11H2,1H3,(H,18,21)/t13-/m0/s1. The van der Waals surface area contributed by atoms with Crippen molar-refractivity contribution in [3.05, 3.63) is 48.5 Å². The molecule has 1 aliphatic heterocycles. The van der Waals surface area contributed by atoms with Crippen LogP contribution in [0.25, 0.3) is 5.69 Å². The van der Waals surface area contributed by atoms with Gasteiger partial charge in [-0.05, 0) is 24.6 Å². The average molecular weight is 316 g/mol. The number of thioether (sulfide) groups is 1. The van der Waals surface area contributed by atoms with E-state index >= 15 is 0 Å². The van der Waals surface area contributed by atoms with Gasteiger partial charge in [0.15, 0.2) is 0 Å². The number of carbonyl (C=O) groups excluding carboxylic acids is 1. The fourth-order valence-electron chi connectivity index (χ4n) is 2.47. The molecular formula is C16H20N4OS. The molecule has 0 saturated carbocycles. The Morgan fingerprint density at radius 1 is 1.27 bits per heavy atom. The van der Waals surface area contributed by atoms with Gasteiger partial charge in [-0.2, -0.15) is 11.8 Å². The molecule has 22 heavy (non-hydrogen) atoms. The quantitative estimate of drug-likeness (QED) is 0.947. The summed E-state index contributed by atoms with van der Waals surface area (Å²) >= 11 is 1.90. The second-order valence-electron chi connectivity index (χ2n) is 5.33. The molecule has 1 aliphatic rings. The first-order valence-corrected chi connectivity index (χ1v) is 8.61. The molecule has 0 bridgehead atoms. The lowest BCUT2D eigenvalue weighted by atomic mass is 10.1. The van der Waals surface area contributed by atoms with Crippen molar-refractivity contribution in [3.63, 3.8) is 0 Å². The van der Waals surface area contributed by atoms with E-state index in [1.807, 2.05) is 58.6 Å². The van der Waals surface area contributed by atoms with Gasteiger partial charge in [-0.15, -0.1) is 0 Å². The summed E-state index contributed by atoms with van der Waals surface area (Å²) in [6.45, 7) is 3.69. The van der Waals surface area contributed by atoms with Crippen molar-refractivity contribution in [2.75, 3.05) is 24.6 Å². The van der Waals surface area contributed by atoms with Crippen LogP contribution in [0.4, 0.5) is 4.79 Å². The highest BCUT2D eigenvalue weighted by Gasteiger charge is 2.18. The average Bonchev–Trinajstić information content (AvgIpc) is 3.10. The van der Waals surface area contributed by atoms with E-state index in [-0.39, 0.29) is 12.1 Å². The summed E-state index contributed by atoms with van der Waals surface area (Å²) in [6.07, 6.45) is 5.44. The van der Waals surface area contributed by atoms with Crippen LogP contribution in [0.1, 0.15) is 18.5 Å². The van der Waals surface area contributed by atoms with Crippen LogP contribution >= 0.6 is 11.8 Å². The summed E-state index contributed by atoms with van der Waals surface area (Å²) in [4.78, 5) is 18.2. The number of imidazole rings is 1. The number of urea groups is 1. The van der Waals surface area contributed by atoms with Gasteiger partial charge in [0.1, 0.15) is 0 Å². The number of carbonyl (C=O) groups is 1. The maximum atomic E-state index is 12.2. The lowest BCUT2D eigenvalue weighted by Gasteiger charge is -2.28. The van der Waals surface area contributed by atoms with Gasteiger partial charge in [-0.3, -0.25) is 0 Å². The number of amides is 2. The molecule has 1 atom stereocenters. The van der Waals surface area contributed by atoms with Crippen molar-refractivity contribution in [2.45, 2.75) is 13.0 Å². The van der Waals surface area contributed by atoms with Crippen LogP contribution in [-0.4, -0.2) is 45.1 Å². The molecule has 1 aromatic carbocycles. The predicted octanol–water partition coefficient (Wildman–Crippen LogP) is 2.69. The number of hydrogen-bond acceptors (Lipinski definition) is 3. The third kappa shape index (κ3) is 3.44. The van der Waals surface area contributed by atoms with Crippen LogP contribution in [0.15, 0.2) is 43.0 Å². The maximum absolute atomic E-state index is 12.2. The van der Waals surface area contributed by atoms with Crippen molar-refractivity contribution in [1.82, 2.24) is 19.8 Å². The van der Waals surface area contributed by atoms with E-state index in [4.69, 9.17) is 0 Å². The zero-order valence-corrected chi connectivity index (χ0v) is 13.4. The van der Waals surface area contributed by atoms with Crippen molar-refractivity contribution in [2.24, 2.45) is 0 Å². The summed E-state index contributed by atoms with van der Waals surface area (Å²) < 4.78 is 1.96. The van der Waals surface area contributed by atoms with Crippen molar-refractivity contribution < 1.29 is 4.79 Å². The molecule has 1 fully saturated rings. The number of nitrogens with one attached hydrogen (secondary N) is 1. The smallest absolute Gasteiger partial charge is 0.317 e. The van der Waals surface area contributed by atoms with E-state index in [2.05, 4.69) is 10.3 Å². The van der Waals surface area contributed by atoms with Crippen LogP contribution in [0, 0.1) is 0 Å². The number of nitrogens with zero attached hydrogens (tertiary/aromatic N) is 3. The van der Waals surface area contributed by atoms with Crippen molar-refractivity contribution >= 4 is 17.8 Å². The molecule has 5 nitrogen and oxygen atoms in total. The Morgan fingerprint density at radius 2 is 2.00 bits per heavy atom. The number of rotatable bonds is 3. The molecule has 0 unspecified atom stereocenters. The van der Waals surface area contributed by atoms with Gasteiger partial charge in [-0.25, -0.2) is 9.78 Å². The molecule has 1 N–H and O–H groups in total. The first-order chi connectivity index (χ1) is 10.7. The molecule has 2 aromatic rings. The zero-order valence-electron chi connectivity index (χ0n) is 12.6. The van der Waals surface area contributed by atoms with Gasteiger partial charge in [0, 0.05) is 42.7 Å². The monoisotopic (exact) mass is 316 g/mol. The highest BCUT2D eigenvalue weighted by atomic mass is 32.2. The fourth-order valence-corrected chi connectivity index (χ4v) is 3.38. The Morgan fingerprint density at radius 3 is 2.64 bits per heavy atom. The van der Waals surface area contributed by atoms with Gasteiger partial charge >= 0.3 is 6.03 Å². The minimum atomic E-state index is -0.00100. The third-order valence-corrected chi connectivity index (χ3v) is 4.78. The lowest BCUT2D eigenvalue weighted by molar-refractivity contribution is 0.200. The highest BCUT2D eigenvalue weighted by molar-refractivity contribution is 7.99. The fraction of sp³-hybridized carbons (Fsp3) is 0.375. The minimum absolute atomic E-state index is 0.00100. The molecule has 2 amide bonds. The summed E-state index contributed by atoms with van der Waals surface area (Å²) in [5, 5.41) is 3.08. The van der Waals surface area contributed by atoms with E-state index in [9.17, 15) is 4.79 Å². The maximum Gasteiger partial charge on any atom is 0.317 e. The zero-order chi connectivity index (χ0) is 15.4. The number of hydrogen-bond donors (Lipinski definition) is 1. The lowest BCUT2D eigenvalue weighted by Crippen LogP contribution is -2.45. The first-order valence-electron chi connectivity index (χ1n) is 7.45. The van der Waals surface area contributed by atoms with Gasteiger partial charge in [0.2, 0.25) is 0 Å². The predicted molar refractivity (Wildman–Crippen MR) is 89.4 cm³/mol. The largest absolute Gasteiger partial charge is 0.331 e. The number of aromatic nitrogens is 2. The van der Waals surface area contributed by atoms with Crippen LogP contribution in [0.3, 0.4) is 0 Å². The van der Waals surface area contributed by atoms with Gasteiger partial charge in [0.25, 0.3) is 0 Å². The van der Waals surface area contributed by atoms with Crippen LogP contribution < -0.4 is 5.32 Å². The van der Waals surface area contributed by atoms with Crippen LogP contribution in [0.2, 0.25) is 0 Å². The van der Waals surface area contributed by atoms with Crippen molar-refractivity contribution in [3.8, 4) is 5.69 Å². The van der Waals surface area contributed by atoms with Gasteiger partial charge in [-0.1, -0.05) is 12.1 Å². The van der Waals surface area contributed by atoms with E-state index in [0.717, 1.165) is 35.8 Å². The molecule has 2 heterocycles. The molecule has 3 rings (SSSR count). The molecule has 1 aromatic heterocycles. The Kier molecular flexibility index (Phi) is 4.68. The molecule has 0 spiro atoms. The Bertz CT molecular complexity index is 606. The van der Waals surface area contributed by atoms with E-state index in [0.29, 0.717) is 0 Å². The van der Waals surface area contributed by atoms with Crippen molar-refractivity contribution in [1.29, 1.82) is 0 Å². The number of benzene rings is 1. The summed E-state index contributed by atoms with van der Waals surface area (Å²) in [7, 11) is 0. The van der Waals surface area contributed by atoms with Crippen LogP contribution in [-0.2, 0) is 0 Å². The first kappa shape index (κ1) is 15.0. The summed E-state index contributed by atoms with van der Waals surface area (Å²) in [5.74, 6) is 2.06. The van der Waals surface area contributed by atoms with Gasteiger partial charge in [0.05, 0.1) is 12.4 Å². The van der Waals surface area contributed by atoms with E-state index < -0.39 is 0 Å². The molecule has 6 heteroatoms. The molecule has 116 valence electrons. The Hall–Kier alpha value is -1.95. The van der Waals surface area contributed by atoms with E-state index in [1.54, 1.807) is 12.5 Å². The SMILES string of the molecule is C[C@H](NC(=O)N1CCSCC1)c1ccc(-n2ccnc2)cc1. The topological polar surface area (TPSA) is 50.2 Å². The molecular weight excluding hydrogens is 296 g/mol. The third-order valence-electron chi connectivity index (χ3n) is 3.83.